The van der Waals surface area contributed by atoms with Crippen LogP contribution in [0.15, 0.2) is 48.8 Å². The van der Waals surface area contributed by atoms with Crippen molar-refractivity contribution in [2.45, 2.75) is 62.6 Å². The van der Waals surface area contributed by atoms with E-state index in [9.17, 15) is 19.7 Å². The molecule has 5 rings (SSSR count). The molecular formula is C25H29N6O7P. The standard InChI is InChI=1S/C25H29N6O7P/c1-16(24(33)36-17-8-5-9-17)30-39(34,38-18-6-3-2-4-7-18)35-13-19-12-22(32)25(14-26,37-19)21-11-10-20-23(27)28-15-29-31(20)21/h2-4,6-7,10-11,15-17,19,22,32H,5,8-9,12-13H2,1H3,(H,30,34)(H2,27,28,29)/t16-,19-,22+,25-,39?/m0/s1. The number of hydrogen-bond acceptors (Lipinski definition) is 11. The minimum atomic E-state index is -4.15. The maximum absolute atomic E-state index is 13.8. The molecule has 5 atom stereocenters. The van der Waals surface area contributed by atoms with E-state index in [1.165, 1.54) is 17.8 Å². The van der Waals surface area contributed by atoms with Crippen molar-refractivity contribution < 1.29 is 33.0 Å². The van der Waals surface area contributed by atoms with Crippen LogP contribution in [0.1, 0.15) is 38.3 Å². The number of fused-ring (bicyclic) bond motifs is 1. The number of anilines is 1. The van der Waals surface area contributed by atoms with E-state index in [2.05, 4.69) is 21.2 Å². The predicted molar refractivity (Wildman–Crippen MR) is 137 cm³/mol. The summed E-state index contributed by atoms with van der Waals surface area (Å²) in [7, 11) is -4.15. The fourth-order valence-electron chi connectivity index (χ4n) is 4.47. The number of hydrogen-bond donors (Lipinski definition) is 3. The number of nitrogens with one attached hydrogen (secondary N) is 1. The van der Waals surface area contributed by atoms with Gasteiger partial charge in [-0.25, -0.2) is 14.1 Å². The van der Waals surface area contributed by atoms with E-state index in [4.69, 9.17) is 24.3 Å². The van der Waals surface area contributed by atoms with Crippen molar-refractivity contribution in [1.29, 1.82) is 5.26 Å². The maximum atomic E-state index is 13.8. The molecule has 0 bridgehead atoms. The van der Waals surface area contributed by atoms with E-state index < -0.39 is 37.6 Å². The zero-order valence-electron chi connectivity index (χ0n) is 21.2. The highest BCUT2D eigenvalue weighted by Crippen LogP contribution is 2.47. The minimum Gasteiger partial charge on any atom is -0.461 e. The molecule has 1 aliphatic heterocycles. The molecule has 2 aliphatic rings. The van der Waals surface area contributed by atoms with Crippen LogP contribution < -0.4 is 15.3 Å². The third-order valence-electron chi connectivity index (χ3n) is 6.78. The summed E-state index contributed by atoms with van der Waals surface area (Å²) in [6.07, 6.45) is 1.56. The predicted octanol–water partition coefficient (Wildman–Crippen LogP) is 2.46. The van der Waals surface area contributed by atoms with Crippen molar-refractivity contribution in [3.8, 4) is 11.8 Å². The lowest BCUT2D eigenvalue weighted by atomic mass is 9.94. The maximum Gasteiger partial charge on any atom is 0.459 e. The summed E-state index contributed by atoms with van der Waals surface area (Å²) >= 11 is 0. The molecular weight excluding hydrogens is 527 g/mol. The summed E-state index contributed by atoms with van der Waals surface area (Å²) < 4.78 is 38.0. The number of carbonyl (C=O) groups excluding carboxylic acids is 1. The van der Waals surface area contributed by atoms with Gasteiger partial charge in [-0.15, -0.1) is 0 Å². The molecule has 1 saturated carbocycles. The fraction of sp³-hybridized carbons (Fsp3) is 0.440. The highest BCUT2D eigenvalue weighted by atomic mass is 31.2. The van der Waals surface area contributed by atoms with Gasteiger partial charge in [0.05, 0.1) is 18.4 Å². The van der Waals surface area contributed by atoms with E-state index in [1.54, 1.807) is 42.5 Å². The molecule has 0 amide bonds. The Morgan fingerprint density at radius 3 is 2.82 bits per heavy atom. The summed E-state index contributed by atoms with van der Waals surface area (Å²) in [6, 6.07) is 12.6. The third-order valence-corrected chi connectivity index (χ3v) is 8.42. The van der Waals surface area contributed by atoms with Crippen LogP contribution in [-0.2, 0) is 29.0 Å². The first-order valence-electron chi connectivity index (χ1n) is 12.6. The first-order valence-corrected chi connectivity index (χ1v) is 14.1. The van der Waals surface area contributed by atoms with Crippen molar-refractivity contribution in [1.82, 2.24) is 19.7 Å². The number of nitriles is 1. The topological polar surface area (TPSA) is 183 Å². The van der Waals surface area contributed by atoms with E-state index in [1.807, 2.05) is 0 Å². The SMILES string of the molecule is C[C@H](NP(=O)(OC[C@@H]1C[C@@H](O)[C@](C#N)(c2ccc3c(N)ncnn23)O1)Oc1ccccc1)C(=O)OC1CCC1. The van der Waals surface area contributed by atoms with Gasteiger partial charge in [0.25, 0.3) is 0 Å². The lowest BCUT2D eigenvalue weighted by molar-refractivity contribution is -0.154. The van der Waals surface area contributed by atoms with Gasteiger partial charge in [0.15, 0.2) is 5.82 Å². The van der Waals surface area contributed by atoms with Gasteiger partial charge in [0, 0.05) is 6.42 Å². The molecule has 0 spiro atoms. The van der Waals surface area contributed by atoms with Gasteiger partial charge in [-0.1, -0.05) is 18.2 Å². The monoisotopic (exact) mass is 556 g/mol. The van der Waals surface area contributed by atoms with Gasteiger partial charge in [-0.05, 0) is 50.5 Å². The summed E-state index contributed by atoms with van der Waals surface area (Å²) in [5.41, 5.74) is 4.83. The molecule has 206 valence electrons. The molecule has 1 aliphatic carbocycles. The molecule has 2 aromatic heterocycles. The van der Waals surface area contributed by atoms with Gasteiger partial charge < -0.3 is 24.8 Å². The Hall–Kier alpha value is -3.53. The Morgan fingerprint density at radius 1 is 1.36 bits per heavy atom. The molecule has 3 aromatic rings. The van der Waals surface area contributed by atoms with Crippen LogP contribution in [0.4, 0.5) is 5.82 Å². The molecule has 2 fully saturated rings. The Labute approximate surface area is 224 Å². The molecule has 14 heteroatoms. The normalized spacial score (nSPS) is 25.4. The fourth-order valence-corrected chi connectivity index (χ4v) is 5.99. The lowest BCUT2D eigenvalue weighted by Gasteiger charge is -2.28. The highest BCUT2D eigenvalue weighted by Gasteiger charge is 2.52. The number of nitrogens with zero attached hydrogens (tertiary/aromatic N) is 4. The first kappa shape index (κ1) is 27.1. The molecule has 4 N–H and O–H groups in total. The first-order chi connectivity index (χ1) is 18.7. The minimum absolute atomic E-state index is 0.00797. The molecule has 39 heavy (non-hydrogen) atoms. The number of esters is 1. The van der Waals surface area contributed by atoms with Crippen LogP contribution >= 0.6 is 7.75 Å². The summed E-state index contributed by atoms with van der Waals surface area (Å²) in [6.45, 7) is 1.19. The molecule has 3 heterocycles. The summed E-state index contributed by atoms with van der Waals surface area (Å²) in [4.78, 5) is 16.5. The van der Waals surface area contributed by atoms with Crippen molar-refractivity contribution >= 4 is 25.1 Å². The zero-order valence-corrected chi connectivity index (χ0v) is 22.1. The van der Waals surface area contributed by atoms with Crippen LogP contribution in [0, 0.1) is 11.3 Å². The molecule has 1 aromatic carbocycles. The average molecular weight is 557 g/mol. The quantitative estimate of drug-likeness (QED) is 0.245. The van der Waals surface area contributed by atoms with E-state index >= 15 is 0 Å². The lowest BCUT2D eigenvalue weighted by Crippen LogP contribution is -2.39. The third kappa shape index (κ3) is 5.48. The number of para-hydroxylation sites is 1. The smallest absolute Gasteiger partial charge is 0.459 e. The Balaban J connectivity index is 1.32. The van der Waals surface area contributed by atoms with Gasteiger partial charge in [0.1, 0.15) is 41.9 Å². The van der Waals surface area contributed by atoms with Crippen molar-refractivity contribution in [3.63, 3.8) is 0 Å². The molecule has 1 unspecified atom stereocenters. The van der Waals surface area contributed by atoms with Crippen LogP contribution in [0.2, 0.25) is 0 Å². The largest absolute Gasteiger partial charge is 0.461 e. The van der Waals surface area contributed by atoms with Crippen molar-refractivity contribution in [2.24, 2.45) is 0 Å². The number of ether oxygens (including phenoxy) is 2. The Kier molecular flexibility index (Phi) is 7.57. The van der Waals surface area contributed by atoms with Crippen LogP contribution in [0.5, 0.6) is 5.75 Å². The van der Waals surface area contributed by atoms with Crippen molar-refractivity contribution in [2.75, 3.05) is 12.3 Å². The molecule has 0 radical (unpaired) electrons. The van der Waals surface area contributed by atoms with Crippen LogP contribution in [-0.4, -0.2) is 56.6 Å². The Morgan fingerprint density at radius 2 is 2.13 bits per heavy atom. The molecule has 13 nitrogen and oxygen atoms in total. The summed E-state index contributed by atoms with van der Waals surface area (Å²) in [5.74, 6) is -0.118. The number of carbonyl (C=O) groups is 1. The number of aliphatic hydroxyl groups excluding tert-OH is 1. The highest BCUT2D eigenvalue weighted by molar-refractivity contribution is 7.52. The number of rotatable bonds is 10. The van der Waals surface area contributed by atoms with Gasteiger partial charge in [-0.2, -0.15) is 15.4 Å². The second kappa shape index (κ2) is 10.9. The van der Waals surface area contributed by atoms with Crippen LogP contribution in [0.25, 0.3) is 5.52 Å². The number of benzene rings is 1. The number of nitrogen functional groups attached to an aromatic ring is 1. The number of aromatic nitrogens is 3. The van der Waals surface area contributed by atoms with E-state index in [0.717, 1.165) is 19.3 Å². The van der Waals surface area contributed by atoms with Gasteiger partial charge >= 0.3 is 13.7 Å². The van der Waals surface area contributed by atoms with Crippen LogP contribution in [0.3, 0.4) is 0 Å². The Bertz CT molecular complexity index is 1430. The van der Waals surface area contributed by atoms with Gasteiger partial charge in [0.2, 0.25) is 5.60 Å². The number of aliphatic hydroxyl groups is 1. The van der Waals surface area contributed by atoms with Crippen molar-refractivity contribution in [3.05, 3.63) is 54.5 Å². The second-order valence-electron chi connectivity index (χ2n) is 9.54. The van der Waals surface area contributed by atoms with Gasteiger partial charge in [-0.3, -0.25) is 9.32 Å². The number of nitrogens with two attached hydrogens (primary N) is 1. The zero-order chi connectivity index (χ0) is 27.6. The van der Waals surface area contributed by atoms with E-state index in [0.29, 0.717) is 5.52 Å². The van der Waals surface area contributed by atoms with E-state index in [-0.39, 0.29) is 36.4 Å². The second-order valence-corrected chi connectivity index (χ2v) is 11.2. The summed E-state index contributed by atoms with van der Waals surface area (Å²) in [5, 5.41) is 27.8. The average Bonchev–Trinajstić information content (AvgIpc) is 3.47. The molecule has 1 saturated heterocycles.